The van der Waals surface area contributed by atoms with Crippen molar-refractivity contribution in [3.63, 3.8) is 0 Å². The second-order valence-corrected chi connectivity index (χ2v) is 9.36. The Bertz CT molecular complexity index is 647. The zero-order valence-electron chi connectivity index (χ0n) is 17.0. The van der Waals surface area contributed by atoms with Gasteiger partial charge in [0.05, 0.1) is 24.3 Å². The van der Waals surface area contributed by atoms with Gasteiger partial charge in [0.2, 0.25) is 0 Å². The maximum absolute atomic E-state index is 6.68. The van der Waals surface area contributed by atoms with E-state index in [0.29, 0.717) is 18.2 Å². The molecule has 5 nitrogen and oxygen atoms in total. The number of ether oxygens (including phenoxy) is 2. The maximum Gasteiger partial charge on any atom is 0.350 e. The minimum atomic E-state index is -0.236. The predicted octanol–water partition coefficient (Wildman–Crippen LogP) is 3.39. The predicted molar refractivity (Wildman–Crippen MR) is 106 cm³/mol. The quantitative estimate of drug-likeness (QED) is 0.574. The molecule has 2 N–H and O–H groups in total. The lowest BCUT2D eigenvalue weighted by atomic mass is 9.90. The van der Waals surface area contributed by atoms with E-state index in [-0.39, 0.29) is 17.6 Å². The van der Waals surface area contributed by atoms with E-state index >= 15 is 0 Å². The van der Waals surface area contributed by atoms with E-state index in [1.807, 2.05) is 0 Å². The molecule has 0 aliphatic carbocycles. The van der Waals surface area contributed by atoms with Gasteiger partial charge in [-0.3, -0.25) is 4.58 Å². The molecule has 0 radical (unpaired) electrons. The van der Waals surface area contributed by atoms with Crippen LogP contribution in [-0.2, 0) is 9.47 Å². The van der Waals surface area contributed by atoms with Gasteiger partial charge in [-0.25, -0.2) is 10.6 Å². The van der Waals surface area contributed by atoms with E-state index in [9.17, 15) is 0 Å². The zero-order valence-corrected chi connectivity index (χ0v) is 17.0. The van der Waals surface area contributed by atoms with Crippen molar-refractivity contribution in [1.29, 1.82) is 0 Å². The van der Waals surface area contributed by atoms with Gasteiger partial charge in [-0.15, -0.1) is 0 Å². The molecule has 5 heterocycles. The highest BCUT2D eigenvalue weighted by molar-refractivity contribution is 5.77. The van der Waals surface area contributed by atoms with Crippen LogP contribution in [0.2, 0.25) is 0 Å². The molecule has 0 unspecified atom stereocenters. The van der Waals surface area contributed by atoms with Crippen molar-refractivity contribution in [2.75, 3.05) is 0 Å². The number of hydrogen-bond donors (Lipinski definition) is 2. The smallest absolute Gasteiger partial charge is 0.340 e. The minimum absolute atomic E-state index is 0.178. The summed E-state index contributed by atoms with van der Waals surface area (Å²) in [6.45, 7) is 4.47. The summed E-state index contributed by atoms with van der Waals surface area (Å²) in [6, 6.07) is 1.20. The van der Waals surface area contributed by atoms with Gasteiger partial charge < -0.3 is 9.47 Å². The van der Waals surface area contributed by atoms with Gasteiger partial charge in [0.15, 0.2) is 11.4 Å². The number of nitrogens with zero attached hydrogens (tertiary/aromatic N) is 1. The summed E-state index contributed by atoms with van der Waals surface area (Å²) in [5.74, 6) is 1.19. The molecular weight excluding hydrogens is 338 g/mol. The van der Waals surface area contributed by atoms with Crippen LogP contribution in [0.25, 0.3) is 0 Å². The highest BCUT2D eigenvalue weighted by atomic mass is 16.5. The Morgan fingerprint density at radius 2 is 1.74 bits per heavy atom. The molecule has 2 spiro atoms. The Balaban J connectivity index is 1.43. The molecule has 5 heteroatoms. The van der Waals surface area contributed by atoms with Crippen LogP contribution >= 0.6 is 0 Å². The van der Waals surface area contributed by atoms with Crippen molar-refractivity contribution in [2.24, 2.45) is 0 Å². The fourth-order valence-corrected chi connectivity index (χ4v) is 6.18. The first-order valence-electron chi connectivity index (χ1n) is 11.4. The standard InChI is InChI=1S/C22H35N3O2/c1-3-18-8-5-6-12-21(26-18)14-16-10-11-17-15-22(24-20(23-21)25(16)17)13-7-9-19(4-2)27-22/h5,8,16-19H,3-4,6-7,9-15H2,1-2H3,(H,23,24)/p+1/t16-,17+,18-,19+,21-,22+/m0/s1. The van der Waals surface area contributed by atoms with E-state index in [2.05, 4.69) is 41.2 Å². The van der Waals surface area contributed by atoms with Crippen LogP contribution in [0.5, 0.6) is 0 Å². The third-order valence-electron chi connectivity index (χ3n) is 7.50. The van der Waals surface area contributed by atoms with Crippen molar-refractivity contribution in [3.05, 3.63) is 12.2 Å². The van der Waals surface area contributed by atoms with E-state index in [1.54, 1.807) is 0 Å². The van der Waals surface area contributed by atoms with Crippen molar-refractivity contribution >= 4 is 5.96 Å². The summed E-state index contributed by atoms with van der Waals surface area (Å²) in [6.07, 6.45) is 17.8. The van der Waals surface area contributed by atoms with Gasteiger partial charge in [-0.2, -0.15) is 0 Å². The molecule has 5 aliphatic rings. The van der Waals surface area contributed by atoms with Gasteiger partial charge in [0, 0.05) is 25.7 Å². The van der Waals surface area contributed by atoms with E-state index in [0.717, 1.165) is 44.9 Å². The Morgan fingerprint density at radius 1 is 1.00 bits per heavy atom. The fourth-order valence-electron chi connectivity index (χ4n) is 6.18. The molecule has 5 aliphatic heterocycles. The first kappa shape index (κ1) is 18.0. The van der Waals surface area contributed by atoms with Crippen LogP contribution in [0.4, 0.5) is 0 Å². The van der Waals surface area contributed by atoms with Crippen LogP contribution in [-0.4, -0.2) is 46.3 Å². The summed E-state index contributed by atoms with van der Waals surface area (Å²) < 4.78 is 16.0. The van der Waals surface area contributed by atoms with Crippen LogP contribution in [0.15, 0.2) is 12.2 Å². The number of guanidine groups is 1. The molecule has 0 aromatic carbocycles. The Kier molecular flexibility index (Phi) is 4.51. The molecule has 0 saturated carbocycles. The number of nitrogens with one attached hydrogen (secondary N) is 2. The molecule has 2 fully saturated rings. The third kappa shape index (κ3) is 3.11. The Morgan fingerprint density at radius 3 is 2.44 bits per heavy atom. The molecular formula is C22H36N3O2+. The van der Waals surface area contributed by atoms with Crippen LogP contribution in [0.3, 0.4) is 0 Å². The highest BCUT2D eigenvalue weighted by Gasteiger charge is 2.57. The van der Waals surface area contributed by atoms with Crippen LogP contribution in [0.1, 0.15) is 84.5 Å². The summed E-state index contributed by atoms with van der Waals surface area (Å²) in [7, 11) is 0. The van der Waals surface area contributed by atoms with Gasteiger partial charge in [0.1, 0.15) is 0 Å². The van der Waals surface area contributed by atoms with E-state index in [1.165, 1.54) is 31.6 Å². The number of allylic oxidation sites excluding steroid dienone is 1. The second kappa shape index (κ2) is 6.77. The van der Waals surface area contributed by atoms with Crippen molar-refractivity contribution < 1.29 is 14.0 Å². The maximum atomic E-state index is 6.68. The molecule has 5 rings (SSSR count). The van der Waals surface area contributed by atoms with Crippen molar-refractivity contribution in [2.45, 2.75) is 120 Å². The van der Waals surface area contributed by atoms with Gasteiger partial charge in [-0.05, 0) is 44.9 Å². The third-order valence-corrected chi connectivity index (χ3v) is 7.50. The van der Waals surface area contributed by atoms with Crippen molar-refractivity contribution in [1.82, 2.24) is 10.6 Å². The first-order chi connectivity index (χ1) is 13.1. The van der Waals surface area contributed by atoms with Gasteiger partial charge in [0.25, 0.3) is 0 Å². The molecule has 0 aromatic rings. The zero-order chi connectivity index (χ0) is 18.5. The van der Waals surface area contributed by atoms with Gasteiger partial charge >= 0.3 is 5.96 Å². The van der Waals surface area contributed by atoms with Crippen LogP contribution in [0, 0.1) is 0 Å². The van der Waals surface area contributed by atoms with Crippen molar-refractivity contribution in [3.8, 4) is 0 Å². The summed E-state index contributed by atoms with van der Waals surface area (Å²) in [5.41, 5.74) is -0.414. The number of rotatable bonds is 2. The summed E-state index contributed by atoms with van der Waals surface area (Å²) >= 11 is 0. The molecule has 27 heavy (non-hydrogen) atoms. The fraction of sp³-hybridized carbons (Fsp3) is 0.864. The molecule has 0 bridgehead atoms. The monoisotopic (exact) mass is 374 g/mol. The second-order valence-electron chi connectivity index (χ2n) is 9.36. The number of hydrogen-bond acceptors (Lipinski definition) is 4. The summed E-state index contributed by atoms with van der Waals surface area (Å²) in [5, 5.41) is 7.74. The van der Waals surface area contributed by atoms with E-state index < -0.39 is 0 Å². The average Bonchev–Trinajstić information content (AvgIpc) is 2.95. The summed E-state index contributed by atoms with van der Waals surface area (Å²) in [4.78, 5) is 0. The Hall–Kier alpha value is -1.07. The lowest BCUT2D eigenvalue weighted by Crippen LogP contribution is -2.72. The largest absolute Gasteiger partial charge is 0.350 e. The van der Waals surface area contributed by atoms with E-state index in [4.69, 9.17) is 9.47 Å². The molecule has 2 saturated heterocycles. The normalized spacial score (nSPS) is 46.1. The molecule has 150 valence electrons. The van der Waals surface area contributed by atoms with Gasteiger partial charge in [-0.1, -0.05) is 26.0 Å². The minimum Gasteiger partial charge on any atom is -0.340 e. The lowest BCUT2D eigenvalue weighted by Gasteiger charge is -2.48. The highest BCUT2D eigenvalue weighted by Crippen LogP contribution is 2.42. The molecule has 0 aromatic heterocycles. The Labute approximate surface area is 163 Å². The topological polar surface area (TPSA) is 45.5 Å². The SMILES string of the molecule is CC[C@@H]1CCC[C@]2(C[C@H]3CC[C@H]4C[C@@]5(CCC=C[C@H](CC)O5)NC(=[N+]34)N2)O1. The molecule has 0 amide bonds. The lowest BCUT2D eigenvalue weighted by molar-refractivity contribution is -0.603. The molecule has 6 atom stereocenters. The van der Waals surface area contributed by atoms with Crippen LogP contribution < -0.4 is 10.6 Å². The average molecular weight is 375 g/mol. The first-order valence-corrected chi connectivity index (χ1v) is 11.4.